The van der Waals surface area contributed by atoms with E-state index in [1.165, 1.54) is 12.8 Å². The van der Waals surface area contributed by atoms with E-state index in [9.17, 15) is 0 Å². The van der Waals surface area contributed by atoms with Crippen LogP contribution in [0.25, 0.3) is 0 Å². The van der Waals surface area contributed by atoms with Crippen molar-refractivity contribution in [3.8, 4) is 0 Å². The van der Waals surface area contributed by atoms with Gasteiger partial charge >= 0.3 is 0 Å². The van der Waals surface area contributed by atoms with Crippen LogP contribution in [0.4, 0.5) is 0 Å². The summed E-state index contributed by atoms with van der Waals surface area (Å²) in [4.78, 5) is 0. The first kappa shape index (κ1) is 11.9. The van der Waals surface area contributed by atoms with Gasteiger partial charge in [-0.15, -0.1) is 0 Å². The van der Waals surface area contributed by atoms with Crippen LogP contribution < -0.4 is 5.32 Å². The maximum Gasteiger partial charge on any atom is 0.0556 e. The summed E-state index contributed by atoms with van der Waals surface area (Å²) >= 11 is 0. The third-order valence-electron chi connectivity index (χ3n) is 2.39. The molecule has 0 saturated heterocycles. The molecule has 0 bridgehead atoms. The van der Waals surface area contributed by atoms with Crippen molar-refractivity contribution in [2.75, 3.05) is 13.2 Å². The average molecular weight is 173 g/mol. The minimum absolute atomic E-state index is 0.245. The molecular formula is C10H23NO. The molecule has 12 heavy (non-hydrogen) atoms. The van der Waals surface area contributed by atoms with Crippen molar-refractivity contribution in [1.29, 1.82) is 0 Å². The van der Waals surface area contributed by atoms with Crippen LogP contribution in [0, 0.1) is 5.92 Å². The molecule has 0 amide bonds. The maximum absolute atomic E-state index is 8.66. The summed E-state index contributed by atoms with van der Waals surface area (Å²) in [7, 11) is 0. The molecular weight excluding hydrogens is 150 g/mol. The fourth-order valence-corrected chi connectivity index (χ4v) is 1.65. The number of hydrogen-bond acceptors (Lipinski definition) is 2. The van der Waals surface area contributed by atoms with Gasteiger partial charge in [-0.05, 0) is 18.8 Å². The third-order valence-corrected chi connectivity index (χ3v) is 2.39. The van der Waals surface area contributed by atoms with E-state index in [0.29, 0.717) is 6.04 Å². The summed E-state index contributed by atoms with van der Waals surface area (Å²) in [6.45, 7) is 7.67. The molecule has 0 aliphatic heterocycles. The molecule has 0 fully saturated rings. The Kier molecular flexibility index (Phi) is 7.51. The normalized spacial score (nSPS) is 16.0. The van der Waals surface area contributed by atoms with Crippen LogP contribution in [0.1, 0.15) is 40.0 Å². The number of hydrogen-bond donors (Lipinski definition) is 2. The molecule has 0 rings (SSSR count). The van der Waals surface area contributed by atoms with Gasteiger partial charge in [0.15, 0.2) is 0 Å². The van der Waals surface area contributed by atoms with Crippen LogP contribution >= 0.6 is 0 Å². The molecule has 0 aliphatic carbocycles. The van der Waals surface area contributed by atoms with Gasteiger partial charge in [0.1, 0.15) is 0 Å². The van der Waals surface area contributed by atoms with Gasteiger partial charge in [-0.25, -0.2) is 0 Å². The van der Waals surface area contributed by atoms with Crippen molar-refractivity contribution in [1.82, 2.24) is 5.32 Å². The van der Waals surface area contributed by atoms with Gasteiger partial charge in [0.2, 0.25) is 0 Å². The smallest absolute Gasteiger partial charge is 0.0556 e. The Hall–Kier alpha value is -0.0800. The van der Waals surface area contributed by atoms with Gasteiger partial charge < -0.3 is 10.4 Å². The van der Waals surface area contributed by atoms with Gasteiger partial charge in [-0.2, -0.15) is 0 Å². The minimum Gasteiger partial charge on any atom is -0.395 e. The van der Waals surface area contributed by atoms with E-state index in [4.69, 9.17) is 5.11 Å². The molecule has 0 aromatic heterocycles. The van der Waals surface area contributed by atoms with Gasteiger partial charge in [0.05, 0.1) is 6.61 Å². The van der Waals surface area contributed by atoms with Crippen molar-refractivity contribution < 1.29 is 5.11 Å². The maximum atomic E-state index is 8.66. The average Bonchev–Trinajstić information content (AvgIpc) is 2.06. The standard InChI is InChI=1S/C10H23NO/c1-4-6-9(3)10(5-2)11-7-8-12/h9-12H,4-8H2,1-3H3. The Bertz CT molecular complexity index is 95.8. The van der Waals surface area contributed by atoms with E-state index in [-0.39, 0.29) is 6.61 Å². The molecule has 2 unspecified atom stereocenters. The van der Waals surface area contributed by atoms with Gasteiger partial charge in [0, 0.05) is 12.6 Å². The van der Waals surface area contributed by atoms with E-state index >= 15 is 0 Å². The minimum atomic E-state index is 0.245. The molecule has 0 heterocycles. The summed E-state index contributed by atoms with van der Waals surface area (Å²) in [5.41, 5.74) is 0. The Balaban J connectivity index is 3.62. The molecule has 0 spiro atoms. The Morgan fingerprint density at radius 3 is 2.42 bits per heavy atom. The van der Waals surface area contributed by atoms with Crippen LogP contribution in [0.2, 0.25) is 0 Å². The molecule has 0 aliphatic rings. The Morgan fingerprint density at radius 2 is 2.00 bits per heavy atom. The van der Waals surface area contributed by atoms with Crippen LogP contribution in [0.3, 0.4) is 0 Å². The Labute approximate surface area is 76.4 Å². The summed E-state index contributed by atoms with van der Waals surface area (Å²) in [6.07, 6.45) is 3.68. The molecule has 74 valence electrons. The number of aliphatic hydroxyl groups is 1. The fourth-order valence-electron chi connectivity index (χ4n) is 1.65. The molecule has 2 heteroatoms. The predicted molar refractivity (Wildman–Crippen MR) is 53.2 cm³/mol. The van der Waals surface area contributed by atoms with E-state index in [2.05, 4.69) is 26.1 Å². The molecule has 2 nitrogen and oxygen atoms in total. The number of aliphatic hydroxyl groups excluding tert-OH is 1. The van der Waals surface area contributed by atoms with Crippen molar-refractivity contribution in [2.45, 2.75) is 46.1 Å². The molecule has 0 aromatic rings. The van der Waals surface area contributed by atoms with Gasteiger partial charge in [-0.3, -0.25) is 0 Å². The first-order valence-electron chi connectivity index (χ1n) is 5.10. The molecule has 0 radical (unpaired) electrons. The Morgan fingerprint density at radius 1 is 1.33 bits per heavy atom. The lowest BCUT2D eigenvalue weighted by Crippen LogP contribution is -2.36. The van der Waals surface area contributed by atoms with E-state index in [1.807, 2.05) is 0 Å². The van der Waals surface area contributed by atoms with E-state index < -0.39 is 0 Å². The zero-order valence-electron chi connectivity index (χ0n) is 8.64. The van der Waals surface area contributed by atoms with Crippen LogP contribution in [-0.2, 0) is 0 Å². The lowest BCUT2D eigenvalue weighted by atomic mass is 9.95. The second-order valence-corrected chi connectivity index (χ2v) is 3.46. The van der Waals surface area contributed by atoms with E-state index in [1.54, 1.807) is 0 Å². The van der Waals surface area contributed by atoms with E-state index in [0.717, 1.165) is 18.9 Å². The first-order chi connectivity index (χ1) is 5.76. The lowest BCUT2D eigenvalue weighted by Gasteiger charge is -2.23. The van der Waals surface area contributed by atoms with Crippen molar-refractivity contribution in [3.05, 3.63) is 0 Å². The summed E-state index contributed by atoms with van der Waals surface area (Å²) in [5, 5.41) is 12.0. The number of nitrogens with one attached hydrogen (secondary N) is 1. The van der Waals surface area contributed by atoms with Crippen LogP contribution in [0.5, 0.6) is 0 Å². The zero-order chi connectivity index (χ0) is 9.40. The molecule has 2 N–H and O–H groups in total. The lowest BCUT2D eigenvalue weighted by molar-refractivity contribution is 0.264. The van der Waals surface area contributed by atoms with Crippen molar-refractivity contribution in [3.63, 3.8) is 0 Å². The molecule has 2 atom stereocenters. The predicted octanol–water partition coefficient (Wildman–Crippen LogP) is 1.78. The largest absolute Gasteiger partial charge is 0.395 e. The third kappa shape index (κ3) is 4.73. The number of rotatable bonds is 7. The van der Waals surface area contributed by atoms with Crippen LogP contribution in [0.15, 0.2) is 0 Å². The summed E-state index contributed by atoms with van der Waals surface area (Å²) in [6, 6.07) is 0.581. The van der Waals surface area contributed by atoms with Gasteiger partial charge in [0.25, 0.3) is 0 Å². The highest BCUT2D eigenvalue weighted by atomic mass is 16.3. The highest BCUT2D eigenvalue weighted by Gasteiger charge is 2.12. The summed E-state index contributed by atoms with van der Waals surface area (Å²) in [5.74, 6) is 0.728. The monoisotopic (exact) mass is 173 g/mol. The van der Waals surface area contributed by atoms with Gasteiger partial charge in [-0.1, -0.05) is 27.2 Å². The summed E-state index contributed by atoms with van der Waals surface area (Å²) < 4.78 is 0. The SMILES string of the molecule is CCCC(C)C(CC)NCCO. The highest BCUT2D eigenvalue weighted by molar-refractivity contribution is 4.71. The first-order valence-corrected chi connectivity index (χ1v) is 5.10. The topological polar surface area (TPSA) is 32.3 Å². The van der Waals surface area contributed by atoms with Crippen molar-refractivity contribution >= 4 is 0 Å². The van der Waals surface area contributed by atoms with Crippen LogP contribution in [-0.4, -0.2) is 24.3 Å². The van der Waals surface area contributed by atoms with Crippen molar-refractivity contribution in [2.24, 2.45) is 5.92 Å². The molecule has 0 saturated carbocycles. The highest BCUT2D eigenvalue weighted by Crippen LogP contribution is 2.12. The zero-order valence-corrected chi connectivity index (χ0v) is 8.64. The molecule has 0 aromatic carbocycles. The second-order valence-electron chi connectivity index (χ2n) is 3.46. The quantitative estimate of drug-likeness (QED) is 0.615. The second kappa shape index (κ2) is 7.56. The fraction of sp³-hybridized carbons (Fsp3) is 1.00.